The van der Waals surface area contributed by atoms with Gasteiger partial charge in [-0.2, -0.15) is 0 Å². The Bertz CT molecular complexity index is 749. The lowest BCUT2D eigenvalue weighted by Gasteiger charge is -2.15. The normalized spacial score (nSPS) is 10.5. The summed E-state index contributed by atoms with van der Waals surface area (Å²) in [7, 11) is 3.43. The maximum absolute atomic E-state index is 5.63. The van der Waals surface area contributed by atoms with Crippen LogP contribution in [0.4, 0.5) is 0 Å². The van der Waals surface area contributed by atoms with Gasteiger partial charge in [-0.1, -0.05) is 12.1 Å². The molecule has 0 aliphatic rings. The van der Waals surface area contributed by atoms with Crippen molar-refractivity contribution in [1.82, 2.24) is 9.97 Å². The van der Waals surface area contributed by atoms with Crippen molar-refractivity contribution in [1.29, 1.82) is 0 Å². The monoisotopic (exact) mass is 348 g/mol. The second-order valence-electron chi connectivity index (χ2n) is 6.12. The van der Waals surface area contributed by atoms with Crippen molar-refractivity contribution < 1.29 is 9.47 Å². The van der Waals surface area contributed by atoms with Crippen molar-refractivity contribution in [2.24, 2.45) is 0 Å². The number of aryl methyl sites for hydroxylation is 4. The first kappa shape index (κ1) is 17.9. The van der Waals surface area contributed by atoms with Crippen molar-refractivity contribution in [3.05, 3.63) is 83.4 Å². The number of methoxy groups -OCH3 is 2. The van der Waals surface area contributed by atoms with Crippen LogP contribution in [0.1, 0.15) is 22.5 Å². The van der Waals surface area contributed by atoms with Crippen molar-refractivity contribution in [2.45, 2.75) is 25.7 Å². The molecule has 4 heteroatoms. The lowest BCUT2D eigenvalue weighted by atomic mass is 10.00. The molecule has 0 amide bonds. The highest BCUT2D eigenvalue weighted by atomic mass is 16.5. The van der Waals surface area contributed by atoms with E-state index in [1.165, 1.54) is 0 Å². The highest BCUT2D eigenvalue weighted by Crippen LogP contribution is 2.30. The molecular formula is C22H24N2O2. The number of nitrogens with zero attached hydrogens (tertiary/aromatic N) is 2. The second kappa shape index (κ2) is 8.99. The molecule has 0 unspecified atom stereocenters. The summed E-state index contributed by atoms with van der Waals surface area (Å²) in [5.74, 6) is 1.80. The van der Waals surface area contributed by atoms with E-state index in [0.717, 1.165) is 59.7 Å². The molecule has 3 aromatic rings. The fraction of sp³-hybridized carbons (Fsp3) is 0.273. The molecule has 0 radical (unpaired) electrons. The zero-order valence-electron chi connectivity index (χ0n) is 15.3. The Morgan fingerprint density at radius 1 is 0.654 bits per heavy atom. The number of hydrogen-bond donors (Lipinski definition) is 0. The Morgan fingerprint density at radius 3 is 1.46 bits per heavy atom. The van der Waals surface area contributed by atoms with E-state index in [4.69, 9.17) is 9.47 Å². The van der Waals surface area contributed by atoms with E-state index >= 15 is 0 Å². The average Bonchev–Trinajstić information content (AvgIpc) is 2.72. The highest BCUT2D eigenvalue weighted by molar-refractivity contribution is 5.47. The zero-order chi connectivity index (χ0) is 18.2. The molecule has 134 valence electrons. The van der Waals surface area contributed by atoms with Gasteiger partial charge in [-0.25, -0.2) is 0 Å². The SMILES string of the molecule is COc1cc(CCc2ccccn2)c(OC)cc1CCc1ccccn1. The lowest BCUT2D eigenvalue weighted by molar-refractivity contribution is 0.394. The van der Waals surface area contributed by atoms with Crippen LogP contribution in [-0.4, -0.2) is 24.2 Å². The van der Waals surface area contributed by atoms with E-state index in [-0.39, 0.29) is 0 Å². The first-order valence-electron chi connectivity index (χ1n) is 8.83. The molecule has 0 fully saturated rings. The molecule has 26 heavy (non-hydrogen) atoms. The predicted molar refractivity (Wildman–Crippen MR) is 103 cm³/mol. The number of pyridine rings is 2. The van der Waals surface area contributed by atoms with Gasteiger partial charge in [0.15, 0.2) is 0 Å². The van der Waals surface area contributed by atoms with E-state index in [0.29, 0.717) is 0 Å². The van der Waals surface area contributed by atoms with Gasteiger partial charge in [0.2, 0.25) is 0 Å². The van der Waals surface area contributed by atoms with Crippen LogP contribution in [0.25, 0.3) is 0 Å². The third kappa shape index (κ3) is 4.60. The molecule has 0 atom stereocenters. The molecule has 0 spiro atoms. The Balaban J connectivity index is 1.76. The van der Waals surface area contributed by atoms with Crippen LogP contribution in [0.15, 0.2) is 60.9 Å². The number of rotatable bonds is 8. The summed E-state index contributed by atoms with van der Waals surface area (Å²) in [6, 6.07) is 16.2. The van der Waals surface area contributed by atoms with E-state index in [2.05, 4.69) is 22.1 Å². The maximum Gasteiger partial charge on any atom is 0.122 e. The minimum atomic E-state index is 0.858. The van der Waals surface area contributed by atoms with E-state index < -0.39 is 0 Å². The summed E-state index contributed by atoms with van der Waals surface area (Å²) in [6.07, 6.45) is 7.11. The number of benzene rings is 1. The van der Waals surface area contributed by atoms with Gasteiger partial charge in [-0.05, 0) is 73.2 Å². The molecule has 0 aliphatic carbocycles. The molecule has 0 N–H and O–H groups in total. The van der Waals surface area contributed by atoms with E-state index in [9.17, 15) is 0 Å². The summed E-state index contributed by atoms with van der Waals surface area (Å²) in [5, 5.41) is 0. The quantitative estimate of drug-likeness (QED) is 0.616. The Kier molecular flexibility index (Phi) is 6.20. The van der Waals surface area contributed by atoms with Gasteiger partial charge in [0.25, 0.3) is 0 Å². The van der Waals surface area contributed by atoms with Crippen LogP contribution in [0, 0.1) is 0 Å². The topological polar surface area (TPSA) is 44.2 Å². The van der Waals surface area contributed by atoms with Crippen molar-refractivity contribution >= 4 is 0 Å². The molecule has 0 saturated carbocycles. The van der Waals surface area contributed by atoms with Crippen molar-refractivity contribution in [3.8, 4) is 11.5 Å². The number of ether oxygens (including phenoxy) is 2. The smallest absolute Gasteiger partial charge is 0.122 e. The predicted octanol–water partition coefficient (Wildman–Crippen LogP) is 4.06. The summed E-state index contributed by atoms with van der Waals surface area (Å²) in [4.78, 5) is 8.79. The summed E-state index contributed by atoms with van der Waals surface area (Å²) in [6.45, 7) is 0. The summed E-state index contributed by atoms with van der Waals surface area (Å²) in [5.41, 5.74) is 4.42. The van der Waals surface area contributed by atoms with Gasteiger partial charge in [0.05, 0.1) is 14.2 Å². The molecule has 0 saturated heterocycles. The van der Waals surface area contributed by atoms with Gasteiger partial charge < -0.3 is 9.47 Å². The minimum Gasteiger partial charge on any atom is -0.496 e. The van der Waals surface area contributed by atoms with Crippen LogP contribution < -0.4 is 9.47 Å². The van der Waals surface area contributed by atoms with Crippen molar-refractivity contribution in [2.75, 3.05) is 14.2 Å². The standard InChI is InChI=1S/C22H24N2O2/c1-25-21-15-18(10-12-20-8-4-6-14-24-20)22(26-2)16-17(21)9-11-19-7-3-5-13-23-19/h3-8,13-16H,9-12H2,1-2H3. The van der Waals surface area contributed by atoms with Crippen molar-refractivity contribution in [3.63, 3.8) is 0 Å². The molecular weight excluding hydrogens is 324 g/mol. The maximum atomic E-state index is 5.63. The van der Waals surface area contributed by atoms with Crippen LogP contribution in [-0.2, 0) is 25.7 Å². The van der Waals surface area contributed by atoms with Crippen LogP contribution in [0.3, 0.4) is 0 Å². The highest BCUT2D eigenvalue weighted by Gasteiger charge is 2.12. The van der Waals surface area contributed by atoms with Crippen LogP contribution in [0.5, 0.6) is 11.5 Å². The number of aromatic nitrogens is 2. The average molecular weight is 348 g/mol. The molecule has 4 nitrogen and oxygen atoms in total. The third-order valence-electron chi connectivity index (χ3n) is 4.44. The summed E-state index contributed by atoms with van der Waals surface area (Å²) < 4.78 is 11.3. The fourth-order valence-electron chi connectivity index (χ4n) is 3.03. The number of hydrogen-bond acceptors (Lipinski definition) is 4. The van der Waals surface area contributed by atoms with Gasteiger partial charge in [0, 0.05) is 23.8 Å². The molecule has 0 aliphatic heterocycles. The first-order chi connectivity index (χ1) is 12.8. The Hall–Kier alpha value is -2.88. The molecule has 0 bridgehead atoms. The molecule has 2 heterocycles. The van der Waals surface area contributed by atoms with Crippen LogP contribution in [0.2, 0.25) is 0 Å². The zero-order valence-corrected chi connectivity index (χ0v) is 15.3. The minimum absolute atomic E-state index is 0.858. The van der Waals surface area contributed by atoms with Gasteiger partial charge >= 0.3 is 0 Å². The first-order valence-corrected chi connectivity index (χ1v) is 8.83. The third-order valence-corrected chi connectivity index (χ3v) is 4.44. The van der Waals surface area contributed by atoms with E-state index in [1.54, 1.807) is 14.2 Å². The summed E-state index contributed by atoms with van der Waals surface area (Å²) >= 11 is 0. The Morgan fingerprint density at radius 2 is 1.12 bits per heavy atom. The van der Waals surface area contributed by atoms with E-state index in [1.807, 2.05) is 48.8 Å². The van der Waals surface area contributed by atoms with Gasteiger partial charge in [-0.3, -0.25) is 9.97 Å². The molecule has 1 aromatic carbocycles. The lowest BCUT2D eigenvalue weighted by Crippen LogP contribution is -2.02. The van der Waals surface area contributed by atoms with Crippen LogP contribution >= 0.6 is 0 Å². The largest absolute Gasteiger partial charge is 0.496 e. The van der Waals surface area contributed by atoms with Gasteiger partial charge in [0.1, 0.15) is 11.5 Å². The second-order valence-corrected chi connectivity index (χ2v) is 6.12. The van der Waals surface area contributed by atoms with Gasteiger partial charge in [-0.15, -0.1) is 0 Å². The molecule has 3 rings (SSSR count). The fourth-order valence-corrected chi connectivity index (χ4v) is 3.03. The molecule has 2 aromatic heterocycles. The Labute approximate surface area is 154 Å².